The van der Waals surface area contributed by atoms with Crippen LogP contribution in [0.4, 0.5) is 20.3 Å². The van der Waals surface area contributed by atoms with E-state index in [2.05, 4.69) is 15.0 Å². The Morgan fingerprint density at radius 1 is 1.29 bits per heavy atom. The van der Waals surface area contributed by atoms with E-state index >= 15 is 0 Å². The van der Waals surface area contributed by atoms with Crippen LogP contribution in [0.2, 0.25) is 0 Å². The van der Waals surface area contributed by atoms with Gasteiger partial charge in [-0.2, -0.15) is 0 Å². The second kappa shape index (κ2) is 6.43. The molecule has 1 N–H and O–H groups in total. The molecule has 3 rings (SSSR count). The number of rotatable bonds is 4. The third-order valence-corrected chi connectivity index (χ3v) is 3.97. The van der Waals surface area contributed by atoms with Crippen LogP contribution in [-0.4, -0.2) is 37.2 Å². The third kappa shape index (κ3) is 3.15. The summed E-state index contributed by atoms with van der Waals surface area (Å²) in [5.41, 5.74) is 1.79. The molecule has 0 spiro atoms. The van der Waals surface area contributed by atoms with Crippen LogP contribution in [0.3, 0.4) is 0 Å². The molecule has 1 aliphatic heterocycles. The summed E-state index contributed by atoms with van der Waals surface area (Å²) < 4.78 is 31.1. The molecule has 0 atom stereocenters. The van der Waals surface area contributed by atoms with Gasteiger partial charge in [-0.15, -0.1) is 0 Å². The number of nitrogens with zero attached hydrogens (tertiary/aromatic N) is 2. The third-order valence-electron chi connectivity index (χ3n) is 3.97. The van der Waals surface area contributed by atoms with Crippen LogP contribution in [0.25, 0.3) is 0 Å². The summed E-state index contributed by atoms with van der Waals surface area (Å²) in [5.74, 6) is -1.08. The number of ether oxygens (including phenoxy) is 1. The van der Waals surface area contributed by atoms with E-state index in [-0.39, 0.29) is 17.4 Å². The summed E-state index contributed by atoms with van der Waals surface area (Å²) in [5, 5.41) is 3.32. The minimum Gasteiger partial charge on any atom is -0.465 e. The molecule has 24 heavy (non-hydrogen) atoms. The van der Waals surface area contributed by atoms with Crippen molar-refractivity contribution in [3.63, 3.8) is 0 Å². The molecule has 1 aromatic heterocycles. The quantitative estimate of drug-likeness (QED) is 0.872. The lowest BCUT2D eigenvalue weighted by molar-refractivity contribution is 0.0600. The molecule has 0 bridgehead atoms. The maximum atomic E-state index is 13.3. The van der Waals surface area contributed by atoms with Gasteiger partial charge >= 0.3 is 5.97 Å². The first kappa shape index (κ1) is 16.2. The van der Waals surface area contributed by atoms with E-state index in [1.165, 1.54) is 19.2 Å². The molecule has 0 amide bonds. The maximum absolute atomic E-state index is 13.3. The van der Waals surface area contributed by atoms with Crippen LogP contribution in [-0.2, 0) is 4.74 Å². The van der Waals surface area contributed by atoms with E-state index in [0.717, 1.165) is 23.5 Å². The molecule has 126 valence electrons. The summed E-state index contributed by atoms with van der Waals surface area (Å²) in [7, 11) is 1.24. The first-order chi connectivity index (χ1) is 11.5. The van der Waals surface area contributed by atoms with Crippen molar-refractivity contribution in [2.75, 3.05) is 30.4 Å². The van der Waals surface area contributed by atoms with Crippen molar-refractivity contribution in [1.82, 2.24) is 4.98 Å². The van der Waals surface area contributed by atoms with Gasteiger partial charge in [-0.05, 0) is 36.8 Å². The Morgan fingerprint density at radius 3 is 2.71 bits per heavy atom. The zero-order chi connectivity index (χ0) is 17.3. The molecule has 0 saturated carbocycles. The number of carbonyl (C=O) groups excluding carboxylic acids is 1. The highest BCUT2D eigenvalue weighted by molar-refractivity contribution is 5.95. The van der Waals surface area contributed by atoms with E-state index in [1.807, 2.05) is 11.8 Å². The van der Waals surface area contributed by atoms with Crippen molar-refractivity contribution in [1.29, 1.82) is 0 Å². The number of benzene rings is 1. The van der Waals surface area contributed by atoms with E-state index in [4.69, 9.17) is 0 Å². The number of pyridine rings is 1. The van der Waals surface area contributed by atoms with Crippen molar-refractivity contribution in [3.05, 3.63) is 53.2 Å². The normalized spacial score (nSPS) is 14.2. The van der Waals surface area contributed by atoms with Crippen LogP contribution in [0.5, 0.6) is 0 Å². The van der Waals surface area contributed by atoms with Gasteiger partial charge < -0.3 is 15.0 Å². The highest BCUT2D eigenvalue weighted by Gasteiger charge is 2.31. The lowest BCUT2D eigenvalue weighted by atomic mass is 10.1. The first-order valence-electron chi connectivity index (χ1n) is 7.49. The predicted octanol–water partition coefficient (Wildman–Crippen LogP) is 2.76. The molecule has 5 nitrogen and oxygen atoms in total. The molecule has 1 aliphatic rings. The molecule has 7 heteroatoms. The van der Waals surface area contributed by atoms with Gasteiger partial charge in [0.25, 0.3) is 0 Å². The number of hydrogen-bond donors (Lipinski definition) is 1. The summed E-state index contributed by atoms with van der Waals surface area (Å²) in [6.07, 6.45) is 1.08. The molecule has 0 unspecified atom stereocenters. The van der Waals surface area contributed by atoms with Gasteiger partial charge in [0.2, 0.25) is 0 Å². The smallest absolute Gasteiger partial charge is 0.341 e. The number of halogens is 2. The fraction of sp³-hybridized carbons (Fsp3) is 0.294. The summed E-state index contributed by atoms with van der Waals surface area (Å²) in [6.45, 7) is 3.03. The van der Waals surface area contributed by atoms with Crippen LogP contribution < -0.4 is 10.2 Å². The number of aryl methyl sites for hydroxylation is 1. The molecule has 2 heterocycles. The van der Waals surface area contributed by atoms with E-state index in [1.54, 1.807) is 6.07 Å². The van der Waals surface area contributed by atoms with E-state index in [0.29, 0.717) is 18.9 Å². The van der Waals surface area contributed by atoms with Gasteiger partial charge in [0.05, 0.1) is 19.3 Å². The largest absolute Gasteiger partial charge is 0.465 e. The molecular weight excluding hydrogens is 316 g/mol. The number of nitrogens with one attached hydrogen (secondary N) is 1. The Bertz CT molecular complexity index is 776. The van der Waals surface area contributed by atoms with Crippen molar-refractivity contribution < 1.29 is 18.3 Å². The minimum atomic E-state index is -0.622. The number of aromatic nitrogens is 1. The summed E-state index contributed by atoms with van der Waals surface area (Å²) in [6, 6.07) is 5.83. The lowest BCUT2D eigenvalue weighted by Gasteiger charge is -2.41. The van der Waals surface area contributed by atoms with Crippen LogP contribution in [0, 0.1) is 18.6 Å². The average molecular weight is 333 g/mol. The standard InChI is InChI=1S/C17H17F2N3O2/c1-10-5-11(18)3-4-15(10)21-13-8-22(9-13)16-14(17(23)24-2)6-12(19)7-20-16/h3-7,13,21H,8-9H2,1-2H3. The highest BCUT2D eigenvalue weighted by Crippen LogP contribution is 2.26. The Labute approximate surface area is 138 Å². The summed E-state index contributed by atoms with van der Waals surface area (Å²) >= 11 is 0. The number of carbonyl (C=O) groups is 1. The van der Waals surface area contributed by atoms with Gasteiger partial charge in [0.15, 0.2) is 0 Å². The fourth-order valence-corrected chi connectivity index (χ4v) is 2.70. The zero-order valence-electron chi connectivity index (χ0n) is 13.3. The van der Waals surface area contributed by atoms with E-state index < -0.39 is 11.8 Å². The Morgan fingerprint density at radius 2 is 2.04 bits per heavy atom. The van der Waals surface area contributed by atoms with Crippen LogP contribution >= 0.6 is 0 Å². The second-order valence-electron chi connectivity index (χ2n) is 5.72. The second-order valence-corrected chi connectivity index (χ2v) is 5.72. The van der Waals surface area contributed by atoms with Gasteiger partial charge in [-0.1, -0.05) is 0 Å². The number of methoxy groups -OCH3 is 1. The summed E-state index contributed by atoms with van der Waals surface area (Å²) in [4.78, 5) is 17.6. The molecule has 0 aliphatic carbocycles. The van der Waals surface area contributed by atoms with Crippen molar-refractivity contribution in [2.45, 2.75) is 13.0 Å². The molecular formula is C17H17F2N3O2. The molecule has 1 saturated heterocycles. The van der Waals surface area contributed by atoms with Crippen molar-refractivity contribution in [2.24, 2.45) is 0 Å². The van der Waals surface area contributed by atoms with Gasteiger partial charge in [-0.3, -0.25) is 0 Å². The molecule has 0 radical (unpaired) electrons. The number of hydrogen-bond acceptors (Lipinski definition) is 5. The topological polar surface area (TPSA) is 54.5 Å². The van der Waals surface area contributed by atoms with Gasteiger partial charge in [0.1, 0.15) is 23.0 Å². The van der Waals surface area contributed by atoms with Crippen molar-refractivity contribution in [3.8, 4) is 0 Å². The average Bonchev–Trinajstić information content (AvgIpc) is 2.52. The van der Waals surface area contributed by atoms with E-state index in [9.17, 15) is 13.6 Å². The number of esters is 1. The Balaban J connectivity index is 1.69. The first-order valence-corrected chi connectivity index (χ1v) is 7.49. The molecule has 2 aromatic rings. The zero-order valence-corrected chi connectivity index (χ0v) is 13.3. The van der Waals surface area contributed by atoms with Crippen molar-refractivity contribution >= 4 is 17.5 Å². The van der Waals surface area contributed by atoms with Crippen LogP contribution in [0.15, 0.2) is 30.5 Å². The molecule has 1 aromatic carbocycles. The fourth-order valence-electron chi connectivity index (χ4n) is 2.70. The highest BCUT2D eigenvalue weighted by atomic mass is 19.1. The monoisotopic (exact) mass is 333 g/mol. The molecule has 1 fully saturated rings. The lowest BCUT2D eigenvalue weighted by Crippen LogP contribution is -2.55. The van der Waals surface area contributed by atoms with Gasteiger partial charge in [0, 0.05) is 18.8 Å². The Hall–Kier alpha value is -2.70. The SMILES string of the molecule is COC(=O)c1cc(F)cnc1N1CC(Nc2ccc(F)cc2C)C1. The predicted molar refractivity (Wildman–Crippen MR) is 86.3 cm³/mol. The van der Waals surface area contributed by atoms with Gasteiger partial charge in [-0.25, -0.2) is 18.6 Å². The number of anilines is 2. The minimum absolute atomic E-state index is 0.105. The maximum Gasteiger partial charge on any atom is 0.341 e. The Kier molecular flexibility index (Phi) is 4.33. The van der Waals surface area contributed by atoms with Crippen LogP contribution in [0.1, 0.15) is 15.9 Å².